The first kappa shape index (κ1) is 13.7. The predicted octanol–water partition coefficient (Wildman–Crippen LogP) is 3.93. The number of ether oxygens (including phenoxy) is 1. The van der Waals surface area contributed by atoms with Crippen molar-refractivity contribution in [2.45, 2.75) is 6.61 Å². The van der Waals surface area contributed by atoms with Crippen LogP contribution in [0, 0.1) is 0 Å². The molecule has 5 heteroatoms. The Hall–Kier alpha value is -1.71. The predicted molar refractivity (Wildman–Crippen MR) is 76.4 cm³/mol. The van der Waals surface area contributed by atoms with Gasteiger partial charge in [-0.25, -0.2) is 4.79 Å². The van der Waals surface area contributed by atoms with Crippen molar-refractivity contribution in [1.82, 2.24) is 0 Å². The fourth-order valence-corrected chi connectivity index (χ4v) is 1.87. The first-order chi connectivity index (χ1) is 9.08. The van der Waals surface area contributed by atoms with Crippen LogP contribution in [0.15, 0.2) is 42.5 Å². The zero-order chi connectivity index (χ0) is 13.8. The Kier molecular flexibility index (Phi) is 4.30. The lowest BCUT2D eigenvalue weighted by Gasteiger charge is -2.07. The van der Waals surface area contributed by atoms with Crippen molar-refractivity contribution in [3.05, 3.63) is 63.6 Å². The van der Waals surface area contributed by atoms with Crippen LogP contribution < -0.4 is 5.73 Å². The summed E-state index contributed by atoms with van der Waals surface area (Å²) in [6, 6.07) is 12.3. The molecule has 0 saturated heterocycles. The number of anilines is 1. The molecule has 2 aromatic carbocycles. The third kappa shape index (κ3) is 3.40. The minimum absolute atomic E-state index is 0.194. The second-order valence-corrected chi connectivity index (χ2v) is 4.71. The average molecular weight is 296 g/mol. The second kappa shape index (κ2) is 5.95. The van der Waals surface area contributed by atoms with Gasteiger partial charge in [0.05, 0.1) is 21.3 Å². The Labute approximate surface area is 120 Å². The summed E-state index contributed by atoms with van der Waals surface area (Å²) in [4.78, 5) is 11.9. The van der Waals surface area contributed by atoms with Crippen molar-refractivity contribution in [2.75, 3.05) is 5.73 Å². The number of carbonyl (C=O) groups excluding carboxylic acids is 1. The molecule has 0 fully saturated rings. The molecule has 0 amide bonds. The molecule has 2 N–H and O–H groups in total. The zero-order valence-corrected chi connectivity index (χ0v) is 11.4. The number of hydrogen-bond donors (Lipinski definition) is 1. The molecule has 0 aliphatic heterocycles. The van der Waals surface area contributed by atoms with Gasteiger partial charge in [-0.1, -0.05) is 53.5 Å². The summed E-state index contributed by atoms with van der Waals surface area (Å²) in [5, 5.41) is 0.467. The number of hydrogen-bond acceptors (Lipinski definition) is 3. The number of benzene rings is 2. The molecule has 3 nitrogen and oxygen atoms in total. The van der Waals surface area contributed by atoms with Gasteiger partial charge in [0.15, 0.2) is 0 Å². The van der Waals surface area contributed by atoms with Gasteiger partial charge in [0, 0.05) is 0 Å². The van der Waals surface area contributed by atoms with E-state index in [9.17, 15) is 4.79 Å². The van der Waals surface area contributed by atoms with Crippen LogP contribution in [0.1, 0.15) is 15.9 Å². The van der Waals surface area contributed by atoms with E-state index in [-0.39, 0.29) is 27.9 Å². The lowest BCUT2D eigenvalue weighted by molar-refractivity contribution is 0.0473. The smallest absolute Gasteiger partial charge is 0.338 e. The highest BCUT2D eigenvalue weighted by Crippen LogP contribution is 2.29. The van der Waals surface area contributed by atoms with E-state index in [1.165, 1.54) is 12.1 Å². The van der Waals surface area contributed by atoms with E-state index in [0.717, 1.165) is 5.56 Å². The molecule has 0 spiro atoms. The highest BCUT2D eigenvalue weighted by molar-refractivity contribution is 6.43. The van der Waals surface area contributed by atoms with Crippen LogP contribution in [0.4, 0.5) is 5.69 Å². The van der Waals surface area contributed by atoms with Crippen LogP contribution in [0.5, 0.6) is 0 Å². The van der Waals surface area contributed by atoms with Gasteiger partial charge in [-0.3, -0.25) is 0 Å². The van der Waals surface area contributed by atoms with Gasteiger partial charge in [-0.15, -0.1) is 0 Å². The Morgan fingerprint density at radius 3 is 2.47 bits per heavy atom. The molecule has 0 heterocycles. The molecule has 0 aliphatic carbocycles. The van der Waals surface area contributed by atoms with Crippen molar-refractivity contribution in [3.8, 4) is 0 Å². The maximum absolute atomic E-state index is 11.9. The van der Waals surface area contributed by atoms with E-state index in [0.29, 0.717) is 0 Å². The van der Waals surface area contributed by atoms with Gasteiger partial charge < -0.3 is 10.5 Å². The molecule has 0 atom stereocenters. The lowest BCUT2D eigenvalue weighted by Crippen LogP contribution is -2.06. The van der Waals surface area contributed by atoms with E-state index in [1.807, 2.05) is 30.3 Å². The van der Waals surface area contributed by atoms with Gasteiger partial charge >= 0.3 is 5.97 Å². The molecule has 0 bridgehead atoms. The number of esters is 1. The highest BCUT2D eigenvalue weighted by atomic mass is 35.5. The number of nitrogen functional groups attached to an aromatic ring is 1. The van der Waals surface area contributed by atoms with Gasteiger partial charge in [0.1, 0.15) is 6.61 Å². The summed E-state index contributed by atoms with van der Waals surface area (Å²) in [5.41, 5.74) is 7.08. The van der Waals surface area contributed by atoms with E-state index < -0.39 is 5.97 Å². The minimum Gasteiger partial charge on any atom is -0.457 e. The number of nitrogens with two attached hydrogens (primary N) is 1. The van der Waals surface area contributed by atoms with E-state index in [1.54, 1.807) is 0 Å². The molecule has 0 radical (unpaired) electrons. The number of carbonyl (C=O) groups is 1. The van der Waals surface area contributed by atoms with Gasteiger partial charge in [0.25, 0.3) is 0 Å². The maximum atomic E-state index is 11.9. The first-order valence-corrected chi connectivity index (χ1v) is 6.29. The normalized spacial score (nSPS) is 10.2. The summed E-state index contributed by atoms with van der Waals surface area (Å²) in [6.45, 7) is 0.194. The standard InChI is InChI=1S/C14H11Cl2NO2/c15-11-6-10(7-12(17)13(11)16)14(18)19-8-9-4-2-1-3-5-9/h1-7H,8,17H2. The minimum atomic E-state index is -0.492. The van der Waals surface area contributed by atoms with Crippen LogP contribution in [-0.4, -0.2) is 5.97 Å². The second-order valence-electron chi connectivity index (χ2n) is 3.92. The molecule has 0 aromatic heterocycles. The Bertz CT molecular complexity index is 577. The summed E-state index contributed by atoms with van der Waals surface area (Å²) in [6.07, 6.45) is 0. The lowest BCUT2D eigenvalue weighted by atomic mass is 10.2. The van der Waals surface area contributed by atoms with Crippen molar-refractivity contribution in [2.24, 2.45) is 0 Å². The molecule has 0 unspecified atom stereocenters. The van der Waals surface area contributed by atoms with Gasteiger partial charge in [-0.2, -0.15) is 0 Å². The van der Waals surface area contributed by atoms with E-state index in [4.69, 9.17) is 33.7 Å². The molecular weight excluding hydrogens is 285 g/mol. The van der Waals surface area contributed by atoms with Gasteiger partial charge in [0.2, 0.25) is 0 Å². The molecular formula is C14H11Cl2NO2. The van der Waals surface area contributed by atoms with Crippen molar-refractivity contribution < 1.29 is 9.53 Å². The van der Waals surface area contributed by atoms with Crippen molar-refractivity contribution in [3.63, 3.8) is 0 Å². The zero-order valence-electron chi connectivity index (χ0n) is 9.90. The van der Waals surface area contributed by atoms with E-state index in [2.05, 4.69) is 0 Å². The average Bonchev–Trinajstić information content (AvgIpc) is 2.42. The third-order valence-corrected chi connectivity index (χ3v) is 3.32. The Balaban J connectivity index is 2.08. The SMILES string of the molecule is Nc1cc(C(=O)OCc2ccccc2)cc(Cl)c1Cl. The molecule has 98 valence electrons. The maximum Gasteiger partial charge on any atom is 0.338 e. The number of rotatable bonds is 3. The molecule has 0 aliphatic rings. The van der Waals surface area contributed by atoms with Crippen LogP contribution in [0.3, 0.4) is 0 Å². The van der Waals surface area contributed by atoms with Crippen LogP contribution in [0.25, 0.3) is 0 Å². The highest BCUT2D eigenvalue weighted by Gasteiger charge is 2.12. The Morgan fingerprint density at radius 1 is 1.16 bits per heavy atom. The quantitative estimate of drug-likeness (QED) is 0.689. The fourth-order valence-electron chi connectivity index (χ4n) is 1.53. The summed E-state index contributed by atoms with van der Waals surface area (Å²) in [7, 11) is 0. The van der Waals surface area contributed by atoms with Crippen LogP contribution in [0.2, 0.25) is 10.0 Å². The molecule has 19 heavy (non-hydrogen) atoms. The van der Waals surface area contributed by atoms with Crippen LogP contribution in [-0.2, 0) is 11.3 Å². The van der Waals surface area contributed by atoms with Crippen molar-refractivity contribution >= 4 is 34.9 Å². The third-order valence-electron chi connectivity index (χ3n) is 2.50. The monoisotopic (exact) mass is 295 g/mol. The summed E-state index contributed by atoms with van der Waals surface area (Å²) in [5.74, 6) is -0.492. The molecule has 0 saturated carbocycles. The topological polar surface area (TPSA) is 52.3 Å². The fraction of sp³-hybridized carbons (Fsp3) is 0.0714. The molecule has 2 rings (SSSR count). The summed E-state index contributed by atoms with van der Waals surface area (Å²) < 4.78 is 5.17. The van der Waals surface area contributed by atoms with E-state index >= 15 is 0 Å². The van der Waals surface area contributed by atoms with Gasteiger partial charge in [-0.05, 0) is 17.7 Å². The largest absolute Gasteiger partial charge is 0.457 e. The van der Waals surface area contributed by atoms with Crippen molar-refractivity contribution in [1.29, 1.82) is 0 Å². The first-order valence-electron chi connectivity index (χ1n) is 5.53. The molecule has 2 aromatic rings. The summed E-state index contributed by atoms with van der Waals surface area (Å²) >= 11 is 11.7. The van der Waals surface area contributed by atoms with Crippen LogP contribution >= 0.6 is 23.2 Å². The number of halogens is 2. The Morgan fingerprint density at radius 2 is 1.84 bits per heavy atom.